The van der Waals surface area contributed by atoms with Crippen molar-refractivity contribution in [2.24, 2.45) is 17.6 Å². The van der Waals surface area contributed by atoms with E-state index in [9.17, 15) is 4.39 Å². The summed E-state index contributed by atoms with van der Waals surface area (Å²) >= 11 is 0. The summed E-state index contributed by atoms with van der Waals surface area (Å²) in [6.45, 7) is 6.29. The summed E-state index contributed by atoms with van der Waals surface area (Å²) < 4.78 is 19.8. The molecule has 0 heterocycles. The molecule has 0 saturated heterocycles. The van der Waals surface area contributed by atoms with Crippen molar-refractivity contribution in [1.82, 2.24) is 0 Å². The third-order valence-corrected chi connectivity index (χ3v) is 3.90. The van der Waals surface area contributed by atoms with E-state index in [2.05, 4.69) is 13.8 Å². The van der Waals surface area contributed by atoms with Gasteiger partial charge in [0.05, 0.1) is 6.10 Å². The molecule has 0 radical (unpaired) electrons. The highest BCUT2D eigenvalue weighted by Crippen LogP contribution is 2.32. The fraction of sp³-hybridized carbons (Fsp3) is 0.625. The molecule has 2 N–H and O–H groups in total. The number of hydrogen-bond acceptors (Lipinski definition) is 2. The van der Waals surface area contributed by atoms with Gasteiger partial charge in [-0.3, -0.25) is 0 Å². The molecule has 0 aromatic heterocycles. The largest absolute Gasteiger partial charge is 0.490 e. The van der Waals surface area contributed by atoms with E-state index in [-0.39, 0.29) is 18.0 Å². The fourth-order valence-corrected chi connectivity index (χ4v) is 3.11. The minimum absolute atomic E-state index is 0.208. The molecule has 2 rings (SSSR count). The Hall–Kier alpha value is -1.09. The summed E-state index contributed by atoms with van der Waals surface area (Å²) in [6, 6.07) is 4.73. The Morgan fingerprint density at radius 3 is 2.37 bits per heavy atom. The fourth-order valence-electron chi connectivity index (χ4n) is 3.11. The topological polar surface area (TPSA) is 35.2 Å². The zero-order valence-electron chi connectivity index (χ0n) is 12.0. The molecule has 19 heavy (non-hydrogen) atoms. The summed E-state index contributed by atoms with van der Waals surface area (Å²) in [5.41, 5.74) is 6.24. The van der Waals surface area contributed by atoms with Gasteiger partial charge in [-0.25, -0.2) is 4.39 Å². The number of halogens is 1. The van der Waals surface area contributed by atoms with Crippen molar-refractivity contribution < 1.29 is 9.13 Å². The van der Waals surface area contributed by atoms with E-state index in [4.69, 9.17) is 10.5 Å². The van der Waals surface area contributed by atoms with E-state index in [0.717, 1.165) is 12.8 Å². The molecular formula is C16H24FNO. The summed E-state index contributed by atoms with van der Waals surface area (Å²) in [5.74, 6) is 1.71. The molecule has 1 aromatic carbocycles. The maximum atomic E-state index is 13.8. The zero-order chi connectivity index (χ0) is 14.0. The van der Waals surface area contributed by atoms with Crippen LogP contribution in [-0.2, 0) is 0 Å². The average molecular weight is 265 g/mol. The van der Waals surface area contributed by atoms with Gasteiger partial charge in [0.1, 0.15) is 11.6 Å². The van der Waals surface area contributed by atoms with Crippen molar-refractivity contribution in [2.45, 2.75) is 52.2 Å². The SMILES string of the molecule is CC1CC(C)CC(Oc2ccc(C(C)N)c(F)c2)C1. The first-order chi connectivity index (χ1) is 8.95. The molecule has 0 amide bonds. The average Bonchev–Trinajstić information content (AvgIpc) is 2.26. The molecular weight excluding hydrogens is 241 g/mol. The van der Waals surface area contributed by atoms with Gasteiger partial charge >= 0.3 is 0 Å². The predicted molar refractivity (Wildman–Crippen MR) is 75.6 cm³/mol. The van der Waals surface area contributed by atoms with E-state index in [1.807, 2.05) is 6.07 Å². The first-order valence-corrected chi connectivity index (χ1v) is 7.17. The van der Waals surface area contributed by atoms with Crippen LogP contribution in [0.25, 0.3) is 0 Å². The van der Waals surface area contributed by atoms with Crippen LogP contribution in [0, 0.1) is 17.7 Å². The van der Waals surface area contributed by atoms with Gasteiger partial charge < -0.3 is 10.5 Å². The van der Waals surface area contributed by atoms with Crippen LogP contribution in [-0.4, -0.2) is 6.10 Å². The lowest BCUT2D eigenvalue weighted by atomic mass is 9.82. The Labute approximate surface area is 115 Å². The molecule has 0 aliphatic heterocycles. The Morgan fingerprint density at radius 2 is 1.84 bits per heavy atom. The normalized spacial score (nSPS) is 29.0. The van der Waals surface area contributed by atoms with Crippen LogP contribution in [0.1, 0.15) is 51.6 Å². The van der Waals surface area contributed by atoms with E-state index in [1.165, 1.54) is 12.5 Å². The first-order valence-electron chi connectivity index (χ1n) is 7.17. The molecule has 1 aliphatic carbocycles. The van der Waals surface area contributed by atoms with Gasteiger partial charge in [-0.2, -0.15) is 0 Å². The molecule has 0 spiro atoms. The third kappa shape index (κ3) is 3.69. The van der Waals surface area contributed by atoms with Crippen molar-refractivity contribution in [1.29, 1.82) is 0 Å². The molecule has 106 valence electrons. The zero-order valence-corrected chi connectivity index (χ0v) is 12.0. The summed E-state index contributed by atoms with van der Waals surface area (Å²) in [4.78, 5) is 0. The standard InChI is InChI=1S/C16H24FNO/c1-10-6-11(2)8-14(7-10)19-13-4-5-15(12(3)18)16(17)9-13/h4-5,9-12,14H,6-8,18H2,1-3H3. The number of nitrogens with two attached hydrogens (primary N) is 1. The Kier molecular flexibility index (Phi) is 4.46. The Balaban J connectivity index is 2.05. The van der Waals surface area contributed by atoms with E-state index in [1.54, 1.807) is 13.0 Å². The van der Waals surface area contributed by atoms with Gasteiger partial charge in [0.15, 0.2) is 0 Å². The van der Waals surface area contributed by atoms with Crippen LogP contribution < -0.4 is 10.5 Å². The number of hydrogen-bond donors (Lipinski definition) is 1. The van der Waals surface area contributed by atoms with Gasteiger partial charge in [0, 0.05) is 17.7 Å². The minimum atomic E-state index is -0.288. The maximum Gasteiger partial charge on any atom is 0.131 e. The second kappa shape index (κ2) is 5.91. The summed E-state index contributed by atoms with van der Waals surface area (Å²) in [5, 5.41) is 0. The van der Waals surface area contributed by atoms with E-state index in [0.29, 0.717) is 23.1 Å². The molecule has 3 heteroatoms. The molecule has 1 fully saturated rings. The molecule has 1 aliphatic rings. The highest BCUT2D eigenvalue weighted by molar-refractivity contribution is 5.30. The van der Waals surface area contributed by atoms with Crippen molar-refractivity contribution >= 4 is 0 Å². The van der Waals surface area contributed by atoms with Gasteiger partial charge in [-0.15, -0.1) is 0 Å². The Morgan fingerprint density at radius 1 is 1.21 bits per heavy atom. The highest BCUT2D eigenvalue weighted by Gasteiger charge is 2.25. The highest BCUT2D eigenvalue weighted by atomic mass is 19.1. The van der Waals surface area contributed by atoms with Gasteiger partial charge in [-0.1, -0.05) is 19.9 Å². The first kappa shape index (κ1) is 14.3. The molecule has 1 saturated carbocycles. The minimum Gasteiger partial charge on any atom is -0.490 e. The predicted octanol–water partition coefficient (Wildman–Crippen LogP) is 4.05. The van der Waals surface area contributed by atoms with Crippen molar-refractivity contribution in [2.75, 3.05) is 0 Å². The van der Waals surface area contributed by atoms with Gasteiger partial charge in [0.2, 0.25) is 0 Å². The lowest BCUT2D eigenvalue weighted by Crippen LogP contribution is -2.28. The number of ether oxygens (including phenoxy) is 1. The monoisotopic (exact) mass is 265 g/mol. The second-order valence-electron chi connectivity index (χ2n) is 6.13. The van der Waals surface area contributed by atoms with Gasteiger partial charge in [0.25, 0.3) is 0 Å². The molecule has 1 aromatic rings. The summed E-state index contributed by atoms with van der Waals surface area (Å²) in [6.07, 6.45) is 3.58. The molecule has 0 bridgehead atoms. The van der Waals surface area contributed by atoms with Crippen LogP contribution in [0.5, 0.6) is 5.75 Å². The van der Waals surface area contributed by atoms with Crippen LogP contribution in [0.15, 0.2) is 18.2 Å². The molecule has 2 nitrogen and oxygen atoms in total. The lowest BCUT2D eigenvalue weighted by molar-refractivity contribution is 0.101. The van der Waals surface area contributed by atoms with Crippen LogP contribution in [0.3, 0.4) is 0 Å². The maximum absolute atomic E-state index is 13.8. The smallest absolute Gasteiger partial charge is 0.131 e. The summed E-state index contributed by atoms with van der Waals surface area (Å²) in [7, 11) is 0. The van der Waals surface area contributed by atoms with Crippen LogP contribution in [0.4, 0.5) is 4.39 Å². The van der Waals surface area contributed by atoms with Crippen molar-refractivity contribution in [3.05, 3.63) is 29.6 Å². The van der Waals surface area contributed by atoms with Crippen LogP contribution in [0.2, 0.25) is 0 Å². The number of benzene rings is 1. The molecule has 3 atom stereocenters. The van der Waals surface area contributed by atoms with Crippen molar-refractivity contribution in [3.63, 3.8) is 0 Å². The van der Waals surface area contributed by atoms with E-state index >= 15 is 0 Å². The number of rotatable bonds is 3. The second-order valence-corrected chi connectivity index (χ2v) is 6.13. The van der Waals surface area contributed by atoms with Crippen LogP contribution >= 0.6 is 0 Å². The third-order valence-electron chi connectivity index (χ3n) is 3.90. The quantitative estimate of drug-likeness (QED) is 0.895. The van der Waals surface area contributed by atoms with Crippen molar-refractivity contribution in [3.8, 4) is 5.75 Å². The Bertz CT molecular complexity index is 423. The molecule has 3 unspecified atom stereocenters. The van der Waals surface area contributed by atoms with Gasteiger partial charge in [-0.05, 0) is 44.1 Å². The lowest BCUT2D eigenvalue weighted by Gasteiger charge is -2.31. The van der Waals surface area contributed by atoms with E-state index < -0.39 is 0 Å².